The van der Waals surface area contributed by atoms with Gasteiger partial charge in [-0.05, 0) is 25.8 Å². The summed E-state index contributed by atoms with van der Waals surface area (Å²) < 4.78 is 5.33. The molecule has 0 radical (unpaired) electrons. The Morgan fingerprint density at radius 2 is 1.90 bits per heavy atom. The summed E-state index contributed by atoms with van der Waals surface area (Å²) in [6.45, 7) is 7.13. The SMILES string of the molecule is CCCN(CC(=O)N1CCOCC1)C1(CN)CCCCC1. The van der Waals surface area contributed by atoms with Crippen LogP contribution in [0.2, 0.25) is 0 Å². The highest BCUT2D eigenvalue weighted by Crippen LogP contribution is 2.33. The monoisotopic (exact) mass is 297 g/mol. The fourth-order valence-electron chi connectivity index (χ4n) is 3.69. The normalized spacial score (nSPS) is 22.5. The molecule has 0 atom stereocenters. The zero-order chi connectivity index (χ0) is 15.1. The zero-order valence-electron chi connectivity index (χ0n) is 13.5. The van der Waals surface area contributed by atoms with Crippen molar-refractivity contribution in [2.24, 2.45) is 5.73 Å². The quantitative estimate of drug-likeness (QED) is 0.801. The fourth-order valence-corrected chi connectivity index (χ4v) is 3.69. The van der Waals surface area contributed by atoms with Crippen LogP contribution in [0.1, 0.15) is 45.4 Å². The van der Waals surface area contributed by atoms with E-state index in [0.29, 0.717) is 26.3 Å². The molecule has 122 valence electrons. The van der Waals surface area contributed by atoms with Gasteiger partial charge in [0.2, 0.25) is 5.91 Å². The van der Waals surface area contributed by atoms with Gasteiger partial charge < -0.3 is 15.4 Å². The fraction of sp³-hybridized carbons (Fsp3) is 0.938. The first kappa shape index (κ1) is 16.7. The third kappa shape index (κ3) is 4.18. The van der Waals surface area contributed by atoms with Crippen LogP contribution in [0.25, 0.3) is 0 Å². The Kier molecular flexibility index (Phi) is 6.45. The summed E-state index contributed by atoms with van der Waals surface area (Å²) in [6, 6.07) is 0. The van der Waals surface area contributed by atoms with Crippen molar-refractivity contribution < 1.29 is 9.53 Å². The van der Waals surface area contributed by atoms with Gasteiger partial charge in [-0.3, -0.25) is 9.69 Å². The summed E-state index contributed by atoms with van der Waals surface area (Å²) in [5.74, 6) is 0.241. The third-order valence-corrected chi connectivity index (χ3v) is 5.02. The lowest BCUT2D eigenvalue weighted by atomic mass is 9.80. The van der Waals surface area contributed by atoms with Crippen LogP contribution in [0.3, 0.4) is 0 Å². The van der Waals surface area contributed by atoms with E-state index in [0.717, 1.165) is 38.9 Å². The van der Waals surface area contributed by atoms with E-state index in [1.807, 2.05) is 4.90 Å². The lowest BCUT2D eigenvalue weighted by Gasteiger charge is -2.46. The number of hydrogen-bond donors (Lipinski definition) is 1. The number of nitrogens with two attached hydrogens (primary N) is 1. The average Bonchev–Trinajstić information content (AvgIpc) is 2.56. The molecule has 1 saturated heterocycles. The van der Waals surface area contributed by atoms with Crippen LogP contribution in [0.15, 0.2) is 0 Å². The Bertz CT molecular complexity index is 323. The average molecular weight is 297 g/mol. The van der Waals surface area contributed by atoms with Gasteiger partial charge in [0, 0.05) is 25.2 Å². The van der Waals surface area contributed by atoms with E-state index >= 15 is 0 Å². The van der Waals surface area contributed by atoms with Gasteiger partial charge in [0.15, 0.2) is 0 Å². The van der Waals surface area contributed by atoms with Gasteiger partial charge in [-0.1, -0.05) is 26.2 Å². The van der Waals surface area contributed by atoms with Crippen LogP contribution >= 0.6 is 0 Å². The zero-order valence-corrected chi connectivity index (χ0v) is 13.5. The molecule has 2 fully saturated rings. The van der Waals surface area contributed by atoms with Crippen molar-refractivity contribution in [3.63, 3.8) is 0 Å². The molecule has 1 saturated carbocycles. The van der Waals surface area contributed by atoms with Crippen molar-refractivity contribution in [1.82, 2.24) is 9.80 Å². The molecule has 1 aliphatic heterocycles. The highest BCUT2D eigenvalue weighted by molar-refractivity contribution is 5.78. The van der Waals surface area contributed by atoms with Crippen molar-refractivity contribution in [3.05, 3.63) is 0 Å². The molecule has 2 aliphatic rings. The molecule has 1 aliphatic carbocycles. The van der Waals surface area contributed by atoms with Crippen LogP contribution in [-0.2, 0) is 9.53 Å². The maximum Gasteiger partial charge on any atom is 0.236 e. The molecule has 0 aromatic rings. The Hall–Kier alpha value is -0.650. The molecule has 2 rings (SSSR count). The van der Waals surface area contributed by atoms with Crippen molar-refractivity contribution in [1.29, 1.82) is 0 Å². The first-order chi connectivity index (χ1) is 10.2. The number of amides is 1. The lowest BCUT2D eigenvalue weighted by Crippen LogP contribution is -2.58. The molecule has 21 heavy (non-hydrogen) atoms. The van der Waals surface area contributed by atoms with Crippen molar-refractivity contribution in [2.75, 3.05) is 45.9 Å². The number of rotatable bonds is 6. The first-order valence-corrected chi connectivity index (χ1v) is 8.52. The van der Waals surface area contributed by atoms with Crippen molar-refractivity contribution in [2.45, 2.75) is 51.0 Å². The first-order valence-electron chi connectivity index (χ1n) is 8.52. The summed E-state index contributed by atoms with van der Waals surface area (Å²) >= 11 is 0. The Labute approximate surface area is 128 Å². The van der Waals surface area contributed by atoms with E-state index in [9.17, 15) is 4.79 Å². The van der Waals surface area contributed by atoms with Crippen LogP contribution < -0.4 is 5.73 Å². The standard InChI is InChI=1S/C16H31N3O2/c1-2-8-19(16(14-17)6-4-3-5-7-16)13-15(20)18-9-11-21-12-10-18/h2-14,17H2,1H3. The van der Waals surface area contributed by atoms with Crippen LogP contribution in [0, 0.1) is 0 Å². The van der Waals surface area contributed by atoms with E-state index in [4.69, 9.17) is 10.5 Å². The highest BCUT2D eigenvalue weighted by Gasteiger charge is 2.37. The number of hydrogen-bond acceptors (Lipinski definition) is 4. The molecule has 5 nitrogen and oxygen atoms in total. The molecule has 0 aromatic heterocycles. The molecule has 5 heteroatoms. The predicted octanol–water partition coefficient (Wildman–Crippen LogP) is 1.22. The third-order valence-electron chi connectivity index (χ3n) is 5.02. The van der Waals surface area contributed by atoms with Crippen molar-refractivity contribution >= 4 is 5.91 Å². The van der Waals surface area contributed by atoms with Gasteiger partial charge in [0.1, 0.15) is 0 Å². The second-order valence-electron chi connectivity index (χ2n) is 6.40. The molecular formula is C16H31N3O2. The van der Waals surface area contributed by atoms with E-state index in [-0.39, 0.29) is 11.4 Å². The maximum absolute atomic E-state index is 12.6. The van der Waals surface area contributed by atoms with E-state index in [2.05, 4.69) is 11.8 Å². The predicted molar refractivity (Wildman–Crippen MR) is 84.1 cm³/mol. The minimum absolute atomic E-state index is 0.0518. The van der Waals surface area contributed by atoms with Gasteiger partial charge in [-0.15, -0.1) is 0 Å². The topological polar surface area (TPSA) is 58.8 Å². The molecule has 2 N–H and O–H groups in total. The maximum atomic E-state index is 12.6. The molecular weight excluding hydrogens is 266 g/mol. The lowest BCUT2D eigenvalue weighted by molar-refractivity contribution is -0.138. The number of nitrogens with zero attached hydrogens (tertiary/aromatic N) is 2. The number of ether oxygens (including phenoxy) is 1. The molecule has 0 aromatic carbocycles. The second kappa shape index (κ2) is 8.11. The minimum Gasteiger partial charge on any atom is -0.378 e. The number of morpholine rings is 1. The summed E-state index contributed by atoms with van der Waals surface area (Å²) in [5.41, 5.74) is 6.19. The molecule has 0 unspecified atom stereocenters. The van der Waals surface area contributed by atoms with Gasteiger partial charge >= 0.3 is 0 Å². The molecule has 0 spiro atoms. The summed E-state index contributed by atoms with van der Waals surface area (Å²) in [5, 5.41) is 0. The number of carbonyl (C=O) groups excluding carboxylic acids is 1. The molecule has 1 amide bonds. The summed E-state index contributed by atoms with van der Waals surface area (Å²) in [4.78, 5) is 16.9. The largest absolute Gasteiger partial charge is 0.378 e. The van der Waals surface area contributed by atoms with Gasteiger partial charge in [0.25, 0.3) is 0 Å². The number of carbonyl (C=O) groups is 1. The van der Waals surface area contributed by atoms with Crippen LogP contribution in [-0.4, -0.2) is 67.2 Å². The molecule has 1 heterocycles. The van der Waals surface area contributed by atoms with E-state index in [1.54, 1.807) is 0 Å². The second-order valence-corrected chi connectivity index (χ2v) is 6.40. The van der Waals surface area contributed by atoms with E-state index in [1.165, 1.54) is 19.3 Å². The van der Waals surface area contributed by atoms with Gasteiger partial charge in [0.05, 0.1) is 19.8 Å². The van der Waals surface area contributed by atoms with Gasteiger partial charge in [-0.2, -0.15) is 0 Å². The Morgan fingerprint density at radius 3 is 2.48 bits per heavy atom. The smallest absolute Gasteiger partial charge is 0.236 e. The van der Waals surface area contributed by atoms with Crippen LogP contribution in [0.4, 0.5) is 0 Å². The Balaban J connectivity index is 2.01. The molecule has 0 bridgehead atoms. The van der Waals surface area contributed by atoms with E-state index < -0.39 is 0 Å². The minimum atomic E-state index is 0.0518. The van der Waals surface area contributed by atoms with Gasteiger partial charge in [-0.25, -0.2) is 0 Å². The summed E-state index contributed by atoms with van der Waals surface area (Å²) in [6.07, 6.45) is 7.13. The van der Waals surface area contributed by atoms with Crippen LogP contribution in [0.5, 0.6) is 0 Å². The van der Waals surface area contributed by atoms with Crippen molar-refractivity contribution in [3.8, 4) is 0 Å². The summed E-state index contributed by atoms with van der Waals surface area (Å²) in [7, 11) is 0. The Morgan fingerprint density at radius 1 is 1.24 bits per heavy atom. The highest BCUT2D eigenvalue weighted by atomic mass is 16.5.